The first-order valence-corrected chi connectivity index (χ1v) is 9.80. The summed E-state index contributed by atoms with van der Waals surface area (Å²) in [4.78, 5) is 12.0. The van der Waals surface area contributed by atoms with E-state index in [9.17, 15) is 13.2 Å². The van der Waals surface area contributed by atoms with E-state index >= 15 is 0 Å². The number of methoxy groups -OCH3 is 1. The average molecular weight is 392 g/mol. The first kappa shape index (κ1) is 20.7. The molecule has 8 heteroatoms. The second-order valence-electron chi connectivity index (χ2n) is 6.99. The maximum Gasteiger partial charge on any atom is 0.262 e. The van der Waals surface area contributed by atoms with Crippen LogP contribution in [0.2, 0.25) is 0 Å². The molecule has 0 radical (unpaired) electrons. The zero-order chi connectivity index (χ0) is 20.2. The number of amides is 1. The van der Waals surface area contributed by atoms with Crippen molar-refractivity contribution in [1.82, 2.24) is 0 Å². The van der Waals surface area contributed by atoms with Crippen LogP contribution in [0, 0.1) is 0 Å². The zero-order valence-electron chi connectivity index (χ0n) is 15.8. The van der Waals surface area contributed by atoms with E-state index in [1.54, 1.807) is 6.07 Å². The summed E-state index contributed by atoms with van der Waals surface area (Å²) in [7, 11) is -2.65. The highest BCUT2D eigenvalue weighted by Crippen LogP contribution is 2.31. The van der Waals surface area contributed by atoms with Gasteiger partial charge in [-0.1, -0.05) is 39.0 Å². The number of carbonyl (C=O) groups excluding carboxylic acids is 1. The van der Waals surface area contributed by atoms with E-state index in [1.807, 2.05) is 18.2 Å². The van der Waals surface area contributed by atoms with Gasteiger partial charge in [0.05, 0.1) is 7.11 Å². The van der Waals surface area contributed by atoms with Crippen molar-refractivity contribution >= 4 is 21.6 Å². The number of rotatable bonds is 6. The summed E-state index contributed by atoms with van der Waals surface area (Å²) in [6.45, 7) is 5.95. The van der Waals surface area contributed by atoms with Crippen molar-refractivity contribution in [3.8, 4) is 11.5 Å². The predicted octanol–water partition coefficient (Wildman–Crippen LogP) is 2.66. The van der Waals surface area contributed by atoms with Crippen molar-refractivity contribution < 1.29 is 22.7 Å². The largest absolute Gasteiger partial charge is 0.495 e. The predicted molar refractivity (Wildman–Crippen MR) is 104 cm³/mol. The molecule has 0 atom stereocenters. The Morgan fingerprint density at radius 3 is 2.37 bits per heavy atom. The summed E-state index contributed by atoms with van der Waals surface area (Å²) in [6.07, 6.45) is 0. The van der Waals surface area contributed by atoms with E-state index in [1.165, 1.54) is 25.3 Å². The second-order valence-corrected chi connectivity index (χ2v) is 8.52. The average Bonchev–Trinajstić information content (AvgIpc) is 2.58. The summed E-state index contributed by atoms with van der Waals surface area (Å²) < 4.78 is 34.0. The molecule has 0 saturated heterocycles. The molecule has 0 unspecified atom stereocenters. The number of carbonyl (C=O) groups is 1. The van der Waals surface area contributed by atoms with Crippen LogP contribution in [0.5, 0.6) is 11.5 Å². The number of primary sulfonamides is 1. The quantitative estimate of drug-likeness (QED) is 0.786. The molecule has 3 N–H and O–H groups in total. The molecule has 2 aromatic rings. The highest BCUT2D eigenvalue weighted by atomic mass is 32.2. The Bertz CT molecular complexity index is 933. The minimum absolute atomic E-state index is 0.103. The molecule has 0 aliphatic rings. The van der Waals surface area contributed by atoms with Gasteiger partial charge >= 0.3 is 0 Å². The highest BCUT2D eigenvalue weighted by molar-refractivity contribution is 7.89. The van der Waals surface area contributed by atoms with Crippen molar-refractivity contribution in [2.24, 2.45) is 5.14 Å². The molecule has 0 aliphatic carbocycles. The summed E-state index contributed by atoms with van der Waals surface area (Å²) in [5.41, 5.74) is 1.13. The summed E-state index contributed by atoms with van der Waals surface area (Å²) in [6, 6.07) is 11.7. The Morgan fingerprint density at radius 2 is 1.78 bits per heavy atom. The Kier molecular flexibility index (Phi) is 6.12. The topological polar surface area (TPSA) is 108 Å². The number of benzene rings is 2. The lowest BCUT2D eigenvalue weighted by Gasteiger charge is -2.22. The third-order valence-corrected chi connectivity index (χ3v) is 4.74. The molecule has 0 aliphatic heterocycles. The van der Waals surface area contributed by atoms with Gasteiger partial charge in [-0.15, -0.1) is 0 Å². The summed E-state index contributed by atoms with van der Waals surface area (Å²) >= 11 is 0. The van der Waals surface area contributed by atoms with Gasteiger partial charge in [-0.25, -0.2) is 13.6 Å². The van der Waals surface area contributed by atoms with Gasteiger partial charge in [-0.2, -0.15) is 0 Å². The molecule has 0 aromatic heterocycles. The molecule has 0 fully saturated rings. The van der Waals surface area contributed by atoms with E-state index in [0.717, 1.165) is 5.56 Å². The van der Waals surface area contributed by atoms with Gasteiger partial charge in [0.25, 0.3) is 5.91 Å². The Morgan fingerprint density at radius 1 is 1.11 bits per heavy atom. The molecule has 0 heterocycles. The molecule has 0 bridgehead atoms. The normalized spacial score (nSPS) is 11.7. The fraction of sp³-hybridized carbons (Fsp3) is 0.316. The van der Waals surface area contributed by atoms with Crippen LogP contribution >= 0.6 is 0 Å². The van der Waals surface area contributed by atoms with Crippen LogP contribution < -0.4 is 19.9 Å². The Labute approximate surface area is 159 Å². The Balaban J connectivity index is 2.12. The number of anilines is 1. The molecule has 2 rings (SSSR count). The molecule has 7 nitrogen and oxygen atoms in total. The van der Waals surface area contributed by atoms with Gasteiger partial charge < -0.3 is 14.8 Å². The van der Waals surface area contributed by atoms with Crippen molar-refractivity contribution in [3.63, 3.8) is 0 Å². The number of nitrogens with one attached hydrogen (secondary N) is 1. The van der Waals surface area contributed by atoms with Gasteiger partial charge in [-0.05, 0) is 35.2 Å². The van der Waals surface area contributed by atoms with Gasteiger partial charge in [0.15, 0.2) is 6.61 Å². The Hall–Kier alpha value is -2.58. The molecule has 27 heavy (non-hydrogen) atoms. The molecule has 0 spiro atoms. The maximum atomic E-state index is 12.2. The summed E-state index contributed by atoms with van der Waals surface area (Å²) in [5.74, 6) is 0.301. The van der Waals surface area contributed by atoms with Crippen LogP contribution in [0.4, 0.5) is 5.69 Å². The number of hydrogen-bond donors (Lipinski definition) is 2. The van der Waals surface area contributed by atoms with Gasteiger partial charge in [0.1, 0.15) is 16.4 Å². The SMILES string of the molecule is COc1ccc(NC(=O)COc2ccccc2C(C)(C)C)cc1S(N)(=O)=O. The first-order valence-electron chi connectivity index (χ1n) is 8.25. The number of para-hydroxylation sites is 1. The molecular formula is C19H24N2O5S. The molecule has 0 saturated carbocycles. The van der Waals surface area contributed by atoms with Gasteiger partial charge in [0.2, 0.25) is 10.0 Å². The van der Waals surface area contributed by atoms with Crippen LogP contribution in [-0.4, -0.2) is 28.0 Å². The third-order valence-electron chi connectivity index (χ3n) is 3.81. The van der Waals surface area contributed by atoms with Crippen LogP contribution in [0.3, 0.4) is 0 Å². The van der Waals surface area contributed by atoms with E-state index in [-0.39, 0.29) is 28.4 Å². The van der Waals surface area contributed by atoms with E-state index in [2.05, 4.69) is 26.1 Å². The van der Waals surface area contributed by atoms with Crippen LogP contribution in [0.1, 0.15) is 26.3 Å². The van der Waals surface area contributed by atoms with E-state index < -0.39 is 15.9 Å². The maximum absolute atomic E-state index is 12.2. The van der Waals surface area contributed by atoms with E-state index in [4.69, 9.17) is 14.6 Å². The lowest BCUT2D eigenvalue weighted by Crippen LogP contribution is -2.22. The first-order chi connectivity index (χ1) is 12.5. The minimum atomic E-state index is -3.99. The van der Waals surface area contributed by atoms with Crippen molar-refractivity contribution in [2.75, 3.05) is 19.0 Å². The number of nitrogens with two attached hydrogens (primary N) is 1. The lowest BCUT2D eigenvalue weighted by atomic mass is 9.86. The van der Waals surface area contributed by atoms with Gasteiger partial charge in [0, 0.05) is 5.69 Å². The highest BCUT2D eigenvalue weighted by Gasteiger charge is 2.19. The number of ether oxygens (including phenoxy) is 2. The molecular weight excluding hydrogens is 368 g/mol. The minimum Gasteiger partial charge on any atom is -0.495 e. The van der Waals surface area contributed by atoms with Crippen molar-refractivity contribution in [3.05, 3.63) is 48.0 Å². The smallest absolute Gasteiger partial charge is 0.262 e. The third kappa shape index (κ3) is 5.45. The van der Waals surface area contributed by atoms with Gasteiger partial charge in [-0.3, -0.25) is 4.79 Å². The summed E-state index contributed by atoms with van der Waals surface area (Å²) in [5, 5.41) is 7.77. The van der Waals surface area contributed by atoms with Crippen molar-refractivity contribution in [1.29, 1.82) is 0 Å². The number of hydrogen-bond acceptors (Lipinski definition) is 5. The number of sulfonamides is 1. The van der Waals surface area contributed by atoms with Crippen molar-refractivity contribution in [2.45, 2.75) is 31.1 Å². The fourth-order valence-corrected chi connectivity index (χ4v) is 3.25. The van der Waals surface area contributed by atoms with E-state index in [0.29, 0.717) is 5.75 Å². The molecule has 1 amide bonds. The lowest BCUT2D eigenvalue weighted by molar-refractivity contribution is -0.118. The second kappa shape index (κ2) is 7.98. The molecule has 2 aromatic carbocycles. The van der Waals surface area contributed by atoms with Crippen LogP contribution in [0.25, 0.3) is 0 Å². The molecule has 146 valence electrons. The zero-order valence-corrected chi connectivity index (χ0v) is 16.6. The van der Waals surface area contributed by atoms with Crippen LogP contribution in [0.15, 0.2) is 47.4 Å². The fourth-order valence-electron chi connectivity index (χ4n) is 2.53. The standard InChI is InChI=1S/C19H24N2O5S/c1-19(2,3)14-7-5-6-8-15(14)26-12-18(22)21-13-9-10-16(25-4)17(11-13)27(20,23)24/h5-11H,12H2,1-4H3,(H,21,22)(H2,20,23,24). The van der Waals surface area contributed by atoms with Crippen LogP contribution in [-0.2, 0) is 20.2 Å². The monoisotopic (exact) mass is 392 g/mol.